The predicted octanol–water partition coefficient (Wildman–Crippen LogP) is 5.65. The molecule has 1 unspecified atom stereocenters. The van der Waals surface area contributed by atoms with Gasteiger partial charge in [0.15, 0.2) is 0 Å². The standard InChI is InChI=1S/C19H16Br2N2O3/c1-18(2)14-9-12(20)4-5-16(14)22(3)19(18)7-6-11-8-13(23(24)25)10-15(21)17(11)26-19/h4-10H,1-3H3. The molecule has 1 atom stereocenters. The van der Waals surface area contributed by atoms with Crippen LogP contribution in [0.3, 0.4) is 0 Å². The monoisotopic (exact) mass is 478 g/mol. The van der Waals surface area contributed by atoms with E-state index in [2.05, 4.69) is 62.7 Å². The third-order valence-electron chi connectivity index (χ3n) is 5.40. The Hall–Kier alpha value is -1.86. The van der Waals surface area contributed by atoms with Crippen molar-refractivity contribution in [3.05, 3.63) is 66.6 Å². The van der Waals surface area contributed by atoms with E-state index in [1.165, 1.54) is 17.7 Å². The highest BCUT2D eigenvalue weighted by atomic mass is 79.9. The van der Waals surface area contributed by atoms with Gasteiger partial charge in [-0.05, 0) is 65.7 Å². The quantitative estimate of drug-likeness (QED) is 0.391. The molecule has 0 aliphatic carbocycles. The molecule has 0 amide bonds. The van der Waals surface area contributed by atoms with Gasteiger partial charge in [0.1, 0.15) is 5.75 Å². The molecule has 2 aromatic rings. The van der Waals surface area contributed by atoms with Crippen LogP contribution in [-0.4, -0.2) is 17.7 Å². The maximum absolute atomic E-state index is 11.1. The van der Waals surface area contributed by atoms with Crippen LogP contribution in [0.25, 0.3) is 6.08 Å². The number of ether oxygens (including phenoxy) is 1. The lowest BCUT2D eigenvalue weighted by Gasteiger charge is -2.46. The van der Waals surface area contributed by atoms with Crippen LogP contribution in [0.5, 0.6) is 5.75 Å². The summed E-state index contributed by atoms with van der Waals surface area (Å²) in [5.74, 6) is 0.616. The summed E-state index contributed by atoms with van der Waals surface area (Å²) in [7, 11) is 2.01. The van der Waals surface area contributed by atoms with Crippen molar-refractivity contribution in [2.24, 2.45) is 0 Å². The fourth-order valence-corrected chi connectivity index (χ4v) is 4.84. The van der Waals surface area contributed by atoms with E-state index in [0.29, 0.717) is 15.8 Å². The number of benzene rings is 2. The molecule has 134 valence electrons. The number of fused-ring (bicyclic) bond motifs is 2. The van der Waals surface area contributed by atoms with Crippen LogP contribution >= 0.6 is 31.9 Å². The van der Waals surface area contributed by atoms with Crippen LogP contribution in [0.4, 0.5) is 11.4 Å². The molecule has 26 heavy (non-hydrogen) atoms. The molecular weight excluding hydrogens is 464 g/mol. The smallest absolute Gasteiger partial charge is 0.271 e. The zero-order valence-electron chi connectivity index (χ0n) is 14.4. The highest BCUT2D eigenvalue weighted by molar-refractivity contribution is 9.10. The summed E-state index contributed by atoms with van der Waals surface area (Å²) in [6.07, 6.45) is 3.91. The van der Waals surface area contributed by atoms with Gasteiger partial charge in [0.2, 0.25) is 5.72 Å². The number of nitro groups is 1. The maximum atomic E-state index is 11.1. The number of nitrogens with zero attached hydrogens (tertiary/aromatic N) is 2. The zero-order valence-corrected chi connectivity index (χ0v) is 17.6. The first-order chi connectivity index (χ1) is 12.2. The number of hydrogen-bond donors (Lipinski definition) is 0. The second-order valence-electron chi connectivity index (χ2n) is 7.08. The van der Waals surface area contributed by atoms with Gasteiger partial charge in [-0.15, -0.1) is 0 Å². The van der Waals surface area contributed by atoms with Gasteiger partial charge in [-0.2, -0.15) is 0 Å². The van der Waals surface area contributed by atoms with Gasteiger partial charge in [0.05, 0.1) is 14.8 Å². The highest BCUT2D eigenvalue weighted by Crippen LogP contribution is 2.55. The van der Waals surface area contributed by atoms with Gasteiger partial charge in [-0.3, -0.25) is 10.1 Å². The Balaban J connectivity index is 1.88. The molecule has 0 saturated heterocycles. The zero-order chi connectivity index (χ0) is 18.9. The Morgan fingerprint density at radius 1 is 1.19 bits per heavy atom. The molecule has 0 fully saturated rings. The predicted molar refractivity (Wildman–Crippen MR) is 109 cm³/mol. The third-order valence-corrected chi connectivity index (χ3v) is 6.48. The molecule has 4 rings (SSSR count). The number of nitro benzene ring substituents is 1. The summed E-state index contributed by atoms with van der Waals surface area (Å²) < 4.78 is 8.15. The minimum Gasteiger partial charge on any atom is -0.462 e. The first-order valence-electron chi connectivity index (χ1n) is 8.07. The Labute approximate surface area is 168 Å². The molecule has 2 heterocycles. The molecule has 1 spiro atoms. The lowest BCUT2D eigenvalue weighted by Crippen LogP contribution is -2.58. The molecule has 7 heteroatoms. The van der Waals surface area contributed by atoms with E-state index in [1.54, 1.807) is 0 Å². The van der Waals surface area contributed by atoms with Crippen LogP contribution in [0.1, 0.15) is 25.0 Å². The summed E-state index contributed by atoms with van der Waals surface area (Å²) in [6, 6.07) is 9.24. The lowest BCUT2D eigenvalue weighted by atomic mass is 9.76. The molecule has 2 aromatic carbocycles. The van der Waals surface area contributed by atoms with Gasteiger partial charge in [-0.1, -0.05) is 15.9 Å². The largest absolute Gasteiger partial charge is 0.462 e. The molecule has 2 aliphatic heterocycles. The van der Waals surface area contributed by atoms with E-state index in [0.717, 1.165) is 10.2 Å². The second-order valence-corrected chi connectivity index (χ2v) is 8.85. The number of rotatable bonds is 1. The molecule has 0 bridgehead atoms. The van der Waals surface area contributed by atoms with E-state index in [-0.39, 0.29) is 11.1 Å². The van der Waals surface area contributed by atoms with Crippen LogP contribution in [0.15, 0.2) is 45.4 Å². The molecular formula is C19H16Br2N2O3. The number of likely N-dealkylation sites (N-methyl/N-ethyl adjacent to an activating group) is 1. The van der Waals surface area contributed by atoms with E-state index in [4.69, 9.17) is 4.74 Å². The van der Waals surface area contributed by atoms with Crippen molar-refractivity contribution in [1.82, 2.24) is 0 Å². The van der Waals surface area contributed by atoms with Crippen molar-refractivity contribution in [3.8, 4) is 5.75 Å². The van der Waals surface area contributed by atoms with Gasteiger partial charge in [0, 0.05) is 34.9 Å². The Kier molecular flexibility index (Phi) is 3.76. The average Bonchev–Trinajstić information content (AvgIpc) is 2.74. The Morgan fingerprint density at radius 3 is 2.62 bits per heavy atom. The van der Waals surface area contributed by atoms with Gasteiger partial charge >= 0.3 is 0 Å². The minimum atomic E-state index is -0.720. The van der Waals surface area contributed by atoms with Crippen LogP contribution in [0, 0.1) is 10.1 Å². The number of non-ortho nitro benzene ring substituents is 1. The van der Waals surface area contributed by atoms with Gasteiger partial charge in [0.25, 0.3) is 5.69 Å². The summed E-state index contributed by atoms with van der Waals surface area (Å²) >= 11 is 7.01. The lowest BCUT2D eigenvalue weighted by molar-refractivity contribution is -0.385. The minimum absolute atomic E-state index is 0.0334. The van der Waals surface area contributed by atoms with Crippen LogP contribution in [-0.2, 0) is 5.41 Å². The van der Waals surface area contributed by atoms with Crippen molar-refractivity contribution in [2.45, 2.75) is 25.0 Å². The fourth-order valence-electron chi connectivity index (χ4n) is 3.94. The Bertz CT molecular complexity index is 987. The van der Waals surface area contributed by atoms with Crippen molar-refractivity contribution in [2.75, 3.05) is 11.9 Å². The van der Waals surface area contributed by atoms with Crippen molar-refractivity contribution in [1.29, 1.82) is 0 Å². The third kappa shape index (κ3) is 2.19. The molecule has 0 aromatic heterocycles. The van der Waals surface area contributed by atoms with Crippen molar-refractivity contribution < 1.29 is 9.66 Å². The summed E-state index contributed by atoms with van der Waals surface area (Å²) in [5.41, 5.74) is 1.95. The van der Waals surface area contributed by atoms with E-state index in [1.807, 2.05) is 25.3 Å². The van der Waals surface area contributed by atoms with Gasteiger partial charge in [-0.25, -0.2) is 0 Å². The molecule has 0 saturated carbocycles. The van der Waals surface area contributed by atoms with E-state index in [9.17, 15) is 10.1 Å². The summed E-state index contributed by atoms with van der Waals surface area (Å²) in [5, 5.41) is 11.1. The SMILES string of the molecule is CN1c2ccc(Br)cc2C(C)(C)C12C=Cc1cc([N+](=O)[O-])cc(Br)c1O2. The molecule has 5 nitrogen and oxygen atoms in total. The average molecular weight is 480 g/mol. The topological polar surface area (TPSA) is 55.6 Å². The number of anilines is 1. The summed E-state index contributed by atoms with van der Waals surface area (Å²) in [4.78, 5) is 12.9. The van der Waals surface area contributed by atoms with Crippen molar-refractivity contribution >= 4 is 49.3 Å². The van der Waals surface area contributed by atoms with Crippen molar-refractivity contribution in [3.63, 3.8) is 0 Å². The first-order valence-corrected chi connectivity index (χ1v) is 9.66. The normalized spacial score (nSPS) is 22.1. The molecule has 0 radical (unpaired) electrons. The highest BCUT2D eigenvalue weighted by Gasteiger charge is 2.57. The fraction of sp³-hybridized carbons (Fsp3) is 0.263. The second kappa shape index (κ2) is 5.57. The Morgan fingerprint density at radius 2 is 1.92 bits per heavy atom. The number of hydrogen-bond acceptors (Lipinski definition) is 4. The van der Waals surface area contributed by atoms with Crippen LogP contribution in [0.2, 0.25) is 0 Å². The van der Waals surface area contributed by atoms with E-state index < -0.39 is 10.6 Å². The number of halogens is 2. The van der Waals surface area contributed by atoms with Gasteiger partial charge < -0.3 is 9.64 Å². The molecule has 2 aliphatic rings. The van der Waals surface area contributed by atoms with Crippen LogP contribution < -0.4 is 9.64 Å². The summed E-state index contributed by atoms with van der Waals surface area (Å²) in [6.45, 7) is 4.30. The molecule has 0 N–H and O–H groups in total. The maximum Gasteiger partial charge on any atom is 0.271 e. The first kappa shape index (κ1) is 17.5. The van der Waals surface area contributed by atoms with E-state index >= 15 is 0 Å².